The highest BCUT2D eigenvalue weighted by Crippen LogP contribution is 2.16. The number of aromatic nitrogens is 3. The quantitative estimate of drug-likeness (QED) is 0.687. The molecule has 0 unspecified atom stereocenters. The van der Waals surface area contributed by atoms with Gasteiger partial charge in [-0.05, 0) is 49.1 Å². The number of nitrogens with one attached hydrogen (secondary N) is 1. The Bertz CT molecular complexity index is 1070. The monoisotopic (exact) mass is 421 g/mol. The van der Waals surface area contributed by atoms with Crippen molar-refractivity contribution in [2.45, 2.75) is 32.2 Å². The van der Waals surface area contributed by atoms with E-state index in [-0.39, 0.29) is 30.1 Å². The van der Waals surface area contributed by atoms with Crippen molar-refractivity contribution in [2.75, 3.05) is 13.1 Å². The van der Waals surface area contributed by atoms with E-state index in [1.54, 1.807) is 27.9 Å². The fourth-order valence-electron chi connectivity index (χ4n) is 3.76. The lowest BCUT2D eigenvalue weighted by Gasteiger charge is -2.32. The fourth-order valence-corrected chi connectivity index (χ4v) is 3.76. The Morgan fingerprint density at radius 2 is 1.81 bits per heavy atom. The van der Waals surface area contributed by atoms with Gasteiger partial charge in [-0.3, -0.25) is 9.59 Å². The third kappa shape index (κ3) is 4.96. The van der Waals surface area contributed by atoms with Crippen LogP contribution in [0.25, 0.3) is 5.69 Å². The summed E-state index contributed by atoms with van der Waals surface area (Å²) < 4.78 is 14.6. The molecule has 2 amide bonds. The molecule has 1 fully saturated rings. The van der Waals surface area contributed by atoms with Crippen LogP contribution in [0, 0.1) is 12.7 Å². The van der Waals surface area contributed by atoms with E-state index in [0.717, 1.165) is 16.8 Å². The first-order valence-electron chi connectivity index (χ1n) is 10.3. The summed E-state index contributed by atoms with van der Waals surface area (Å²) in [5.41, 5.74) is 3.01. The van der Waals surface area contributed by atoms with Gasteiger partial charge >= 0.3 is 0 Å². The van der Waals surface area contributed by atoms with Crippen LogP contribution in [0.1, 0.15) is 34.5 Å². The molecular weight excluding hydrogens is 397 g/mol. The molecule has 4 rings (SSSR count). The number of amides is 2. The van der Waals surface area contributed by atoms with Gasteiger partial charge in [-0.25, -0.2) is 9.07 Å². The van der Waals surface area contributed by atoms with Gasteiger partial charge in [-0.1, -0.05) is 35.5 Å². The van der Waals surface area contributed by atoms with E-state index in [1.165, 1.54) is 12.1 Å². The van der Waals surface area contributed by atoms with Crippen LogP contribution in [-0.2, 0) is 11.2 Å². The number of aryl methyl sites for hydroxylation is 1. The van der Waals surface area contributed by atoms with Crippen molar-refractivity contribution in [2.24, 2.45) is 0 Å². The van der Waals surface area contributed by atoms with Gasteiger partial charge in [0.25, 0.3) is 5.91 Å². The molecule has 3 aromatic rings. The molecule has 0 bridgehead atoms. The lowest BCUT2D eigenvalue weighted by molar-refractivity contribution is -0.121. The average molecular weight is 421 g/mol. The third-order valence-corrected chi connectivity index (χ3v) is 5.50. The van der Waals surface area contributed by atoms with E-state index >= 15 is 0 Å². The van der Waals surface area contributed by atoms with Crippen molar-refractivity contribution in [1.82, 2.24) is 25.2 Å². The van der Waals surface area contributed by atoms with Gasteiger partial charge in [0.05, 0.1) is 18.3 Å². The van der Waals surface area contributed by atoms with Gasteiger partial charge in [-0.2, -0.15) is 0 Å². The smallest absolute Gasteiger partial charge is 0.276 e. The molecule has 0 aliphatic carbocycles. The molecule has 160 valence electrons. The summed E-state index contributed by atoms with van der Waals surface area (Å²) in [6.45, 7) is 3.06. The topological polar surface area (TPSA) is 80.1 Å². The molecule has 0 saturated carbocycles. The highest BCUT2D eigenvalue weighted by Gasteiger charge is 2.26. The Labute approximate surface area is 179 Å². The van der Waals surface area contributed by atoms with Crippen LogP contribution in [0.15, 0.2) is 54.7 Å². The zero-order valence-electron chi connectivity index (χ0n) is 17.3. The summed E-state index contributed by atoms with van der Waals surface area (Å²) in [5.74, 6) is -0.575. The second kappa shape index (κ2) is 9.07. The average Bonchev–Trinajstić information content (AvgIpc) is 3.26. The van der Waals surface area contributed by atoms with Gasteiger partial charge in [0.2, 0.25) is 5.91 Å². The normalized spacial score (nSPS) is 14.5. The Morgan fingerprint density at radius 3 is 2.52 bits per heavy atom. The minimum atomic E-state index is -0.319. The van der Waals surface area contributed by atoms with Crippen LogP contribution in [0.4, 0.5) is 4.39 Å². The first-order chi connectivity index (χ1) is 15.0. The van der Waals surface area contributed by atoms with Crippen molar-refractivity contribution >= 4 is 11.8 Å². The molecule has 1 aliphatic rings. The van der Waals surface area contributed by atoms with E-state index in [0.29, 0.717) is 31.6 Å². The number of likely N-dealkylation sites (tertiary alicyclic amines) is 1. The standard InChI is InChI=1S/C23H24FN5O2/c1-16-4-2-3-5-21(16)29-15-20(26-27-29)23(31)28-12-10-19(11-13-28)25-22(30)14-17-6-8-18(24)9-7-17/h2-9,15,19H,10-14H2,1H3,(H,25,30). The molecule has 1 aliphatic heterocycles. The minimum absolute atomic E-state index is 0.0136. The molecule has 2 aromatic carbocycles. The summed E-state index contributed by atoms with van der Waals surface area (Å²) in [4.78, 5) is 26.8. The van der Waals surface area contributed by atoms with Crippen LogP contribution in [0.2, 0.25) is 0 Å². The van der Waals surface area contributed by atoms with Crippen LogP contribution in [0.5, 0.6) is 0 Å². The molecule has 1 aromatic heterocycles. The summed E-state index contributed by atoms with van der Waals surface area (Å²) >= 11 is 0. The van der Waals surface area contributed by atoms with Crippen LogP contribution in [0.3, 0.4) is 0 Å². The molecule has 0 radical (unpaired) electrons. The predicted octanol–water partition coefficient (Wildman–Crippen LogP) is 2.68. The number of rotatable bonds is 5. The zero-order chi connectivity index (χ0) is 21.8. The largest absolute Gasteiger partial charge is 0.353 e. The number of nitrogens with zero attached hydrogens (tertiary/aromatic N) is 4. The second-order valence-corrected chi connectivity index (χ2v) is 7.77. The zero-order valence-corrected chi connectivity index (χ0v) is 17.3. The van der Waals surface area contributed by atoms with Crippen molar-refractivity contribution in [3.05, 3.63) is 77.4 Å². The van der Waals surface area contributed by atoms with Gasteiger partial charge in [0.1, 0.15) is 5.82 Å². The third-order valence-electron chi connectivity index (χ3n) is 5.50. The number of halogens is 1. The minimum Gasteiger partial charge on any atom is -0.353 e. The highest BCUT2D eigenvalue weighted by molar-refractivity contribution is 5.92. The Hall–Kier alpha value is -3.55. The number of carbonyl (C=O) groups excluding carboxylic acids is 2. The molecule has 1 N–H and O–H groups in total. The van der Waals surface area contributed by atoms with Gasteiger partial charge < -0.3 is 10.2 Å². The molecule has 2 heterocycles. The van der Waals surface area contributed by atoms with Crippen molar-refractivity contribution in [3.63, 3.8) is 0 Å². The lowest BCUT2D eigenvalue weighted by Crippen LogP contribution is -2.47. The number of piperidine rings is 1. The van der Waals surface area contributed by atoms with E-state index in [4.69, 9.17) is 0 Å². The molecule has 31 heavy (non-hydrogen) atoms. The highest BCUT2D eigenvalue weighted by atomic mass is 19.1. The Balaban J connectivity index is 1.29. The molecule has 8 heteroatoms. The lowest BCUT2D eigenvalue weighted by atomic mass is 10.0. The summed E-state index contributed by atoms with van der Waals surface area (Å²) in [6, 6.07) is 13.7. The van der Waals surface area contributed by atoms with E-state index in [2.05, 4.69) is 15.6 Å². The molecular formula is C23H24FN5O2. The SMILES string of the molecule is Cc1ccccc1-n1cc(C(=O)N2CCC(NC(=O)Cc3ccc(F)cc3)CC2)nn1. The number of para-hydroxylation sites is 1. The first kappa shape index (κ1) is 20.7. The number of carbonyl (C=O) groups is 2. The van der Waals surface area contributed by atoms with E-state index in [9.17, 15) is 14.0 Å². The summed E-state index contributed by atoms with van der Waals surface area (Å²) in [5, 5.41) is 11.2. The molecule has 7 nitrogen and oxygen atoms in total. The molecule has 1 saturated heterocycles. The Kier molecular flexibility index (Phi) is 6.06. The number of benzene rings is 2. The van der Waals surface area contributed by atoms with E-state index in [1.807, 2.05) is 31.2 Å². The van der Waals surface area contributed by atoms with Gasteiger partial charge in [0, 0.05) is 19.1 Å². The summed E-state index contributed by atoms with van der Waals surface area (Å²) in [7, 11) is 0. The maximum atomic E-state index is 13.0. The van der Waals surface area contributed by atoms with Crippen molar-refractivity contribution < 1.29 is 14.0 Å². The molecule has 0 atom stereocenters. The predicted molar refractivity (Wildman–Crippen MR) is 113 cm³/mol. The second-order valence-electron chi connectivity index (χ2n) is 7.77. The number of hydrogen-bond acceptors (Lipinski definition) is 4. The van der Waals surface area contributed by atoms with E-state index < -0.39 is 0 Å². The van der Waals surface area contributed by atoms with Gasteiger partial charge in [0.15, 0.2) is 5.69 Å². The fraction of sp³-hybridized carbons (Fsp3) is 0.304. The van der Waals surface area contributed by atoms with Crippen molar-refractivity contribution in [1.29, 1.82) is 0 Å². The van der Waals surface area contributed by atoms with Gasteiger partial charge in [-0.15, -0.1) is 5.10 Å². The Morgan fingerprint density at radius 1 is 1.10 bits per heavy atom. The van der Waals surface area contributed by atoms with Crippen LogP contribution >= 0.6 is 0 Å². The van der Waals surface area contributed by atoms with Crippen LogP contribution in [-0.4, -0.2) is 50.8 Å². The molecule has 0 spiro atoms. The first-order valence-corrected chi connectivity index (χ1v) is 10.3. The summed E-state index contributed by atoms with van der Waals surface area (Å²) in [6.07, 6.45) is 3.21. The van der Waals surface area contributed by atoms with Crippen LogP contribution < -0.4 is 5.32 Å². The number of hydrogen-bond donors (Lipinski definition) is 1. The maximum absolute atomic E-state index is 13.0. The van der Waals surface area contributed by atoms with Crippen molar-refractivity contribution in [3.8, 4) is 5.69 Å². The maximum Gasteiger partial charge on any atom is 0.276 e.